The van der Waals surface area contributed by atoms with Crippen LogP contribution in [0.5, 0.6) is 0 Å². The summed E-state index contributed by atoms with van der Waals surface area (Å²) in [5.74, 6) is 0. The van der Waals surface area contributed by atoms with E-state index >= 15 is 0 Å². The maximum atomic E-state index is 4.57. The normalized spacial score (nSPS) is 11.7. The fraction of sp³-hybridized carbons (Fsp3) is 0. The van der Waals surface area contributed by atoms with Gasteiger partial charge in [0.05, 0.1) is 11.0 Å². The minimum Gasteiger partial charge on any atom is -0.309 e. The molecule has 0 saturated heterocycles. The van der Waals surface area contributed by atoms with Crippen LogP contribution in [0.15, 0.2) is 134 Å². The average Bonchev–Trinajstić information content (AvgIpc) is 3.53. The number of aromatic nitrogens is 2. The molecular weight excluding hydrogens is 480 g/mol. The van der Waals surface area contributed by atoms with Crippen molar-refractivity contribution < 1.29 is 0 Å². The topological polar surface area (TPSA) is 17.8 Å². The van der Waals surface area contributed by atoms with Crippen LogP contribution in [0.3, 0.4) is 0 Å². The van der Waals surface area contributed by atoms with Gasteiger partial charge >= 0.3 is 0 Å². The van der Waals surface area contributed by atoms with E-state index in [1.165, 1.54) is 65.2 Å². The van der Waals surface area contributed by atoms with Gasteiger partial charge in [-0.3, -0.25) is 0 Å². The Labute approximate surface area is 224 Å². The molecule has 0 spiro atoms. The van der Waals surface area contributed by atoms with Gasteiger partial charge in [-0.15, -0.1) is 11.3 Å². The summed E-state index contributed by atoms with van der Waals surface area (Å²) < 4.78 is 3.67. The van der Waals surface area contributed by atoms with Gasteiger partial charge in [-0.1, -0.05) is 72.8 Å². The first-order valence-electron chi connectivity index (χ1n) is 12.8. The number of pyridine rings is 1. The first kappa shape index (κ1) is 21.4. The van der Waals surface area contributed by atoms with E-state index in [0.29, 0.717) is 0 Å². The van der Waals surface area contributed by atoms with Crippen LogP contribution in [-0.2, 0) is 0 Å². The lowest BCUT2D eigenvalue weighted by molar-refractivity contribution is 1.18. The van der Waals surface area contributed by atoms with Crippen molar-refractivity contribution in [2.45, 2.75) is 0 Å². The van der Waals surface area contributed by atoms with Crippen LogP contribution < -0.4 is 0 Å². The van der Waals surface area contributed by atoms with E-state index in [4.69, 9.17) is 0 Å². The van der Waals surface area contributed by atoms with Gasteiger partial charge in [0.25, 0.3) is 0 Å². The van der Waals surface area contributed by atoms with Crippen LogP contribution in [0, 0.1) is 0 Å². The van der Waals surface area contributed by atoms with Crippen LogP contribution in [0.25, 0.3) is 70.0 Å². The van der Waals surface area contributed by atoms with Crippen molar-refractivity contribution in [3.05, 3.63) is 134 Å². The van der Waals surface area contributed by atoms with E-state index in [0.717, 1.165) is 4.83 Å². The molecule has 3 heteroatoms. The molecule has 0 aliphatic rings. The molecule has 178 valence electrons. The molecule has 0 saturated carbocycles. The fourth-order valence-electron chi connectivity index (χ4n) is 5.68. The van der Waals surface area contributed by atoms with Gasteiger partial charge in [0.2, 0.25) is 0 Å². The summed E-state index contributed by atoms with van der Waals surface area (Å²) in [4.78, 5) is 5.66. The Morgan fingerprint density at radius 2 is 1.18 bits per heavy atom. The molecule has 0 atom stereocenters. The largest absolute Gasteiger partial charge is 0.309 e. The van der Waals surface area contributed by atoms with Crippen LogP contribution in [0.2, 0.25) is 0 Å². The van der Waals surface area contributed by atoms with Crippen molar-refractivity contribution in [1.29, 1.82) is 0 Å². The van der Waals surface area contributed by atoms with E-state index in [-0.39, 0.29) is 0 Å². The molecule has 3 heterocycles. The summed E-state index contributed by atoms with van der Waals surface area (Å²) >= 11 is 1.76. The molecule has 38 heavy (non-hydrogen) atoms. The van der Waals surface area contributed by atoms with E-state index in [1.54, 1.807) is 11.3 Å². The molecule has 5 aromatic carbocycles. The van der Waals surface area contributed by atoms with Gasteiger partial charge in [0.15, 0.2) is 0 Å². The zero-order chi connectivity index (χ0) is 25.1. The maximum absolute atomic E-state index is 4.57. The highest BCUT2D eigenvalue weighted by Gasteiger charge is 2.14. The van der Waals surface area contributed by atoms with Crippen molar-refractivity contribution in [2.24, 2.45) is 0 Å². The smallest absolute Gasteiger partial charge is 0.124 e. The predicted molar refractivity (Wildman–Crippen MR) is 162 cm³/mol. The lowest BCUT2D eigenvalue weighted by Gasteiger charge is -2.11. The van der Waals surface area contributed by atoms with Gasteiger partial charge in [0, 0.05) is 38.1 Å². The molecule has 3 aromatic heterocycles. The molecular formula is C35H22N2S. The highest BCUT2D eigenvalue weighted by molar-refractivity contribution is 7.25. The molecule has 0 radical (unpaired) electrons. The number of hydrogen-bond donors (Lipinski definition) is 0. The Morgan fingerprint density at radius 3 is 2.11 bits per heavy atom. The number of nitrogens with zero attached hydrogens (tertiary/aromatic N) is 2. The summed E-state index contributed by atoms with van der Waals surface area (Å²) in [6.45, 7) is 0. The third kappa shape index (κ3) is 3.29. The molecule has 0 amide bonds. The summed E-state index contributed by atoms with van der Waals surface area (Å²) in [6.07, 6.45) is 1.87. The quantitative estimate of drug-likeness (QED) is 0.235. The number of rotatable bonds is 3. The zero-order valence-electron chi connectivity index (χ0n) is 20.5. The lowest BCUT2D eigenvalue weighted by Crippen LogP contribution is -1.94. The molecule has 0 unspecified atom stereocenters. The summed E-state index contributed by atoms with van der Waals surface area (Å²) in [5.41, 5.74) is 8.50. The van der Waals surface area contributed by atoms with Crippen LogP contribution in [0.4, 0.5) is 0 Å². The SMILES string of the molecule is c1ccc(-c2cccc(-n3c4ccccc4c4cc(-c5ccc6sc7ncccc7c6c5)ccc43)c2)cc1. The molecule has 0 aliphatic heterocycles. The highest BCUT2D eigenvalue weighted by atomic mass is 32.1. The van der Waals surface area contributed by atoms with E-state index in [9.17, 15) is 0 Å². The number of fused-ring (bicyclic) bond motifs is 6. The van der Waals surface area contributed by atoms with Crippen molar-refractivity contribution >= 4 is 53.4 Å². The molecule has 8 rings (SSSR count). The van der Waals surface area contributed by atoms with Crippen LogP contribution >= 0.6 is 11.3 Å². The standard InChI is InChI=1S/C35H22N2S/c1-2-8-23(9-3-1)24-10-6-11-27(20-24)37-32-14-5-4-12-28(32)30-21-25(15-17-33(30)37)26-16-18-34-31(22-26)29-13-7-19-36-35(29)38-34/h1-22H. The second-order valence-electron chi connectivity index (χ2n) is 9.67. The highest BCUT2D eigenvalue weighted by Crippen LogP contribution is 2.38. The number of para-hydroxylation sites is 1. The average molecular weight is 503 g/mol. The van der Waals surface area contributed by atoms with E-state index in [2.05, 4.69) is 131 Å². The zero-order valence-corrected chi connectivity index (χ0v) is 21.3. The third-order valence-corrected chi connectivity index (χ3v) is 8.56. The molecule has 0 aliphatic carbocycles. The lowest BCUT2D eigenvalue weighted by atomic mass is 10.0. The van der Waals surface area contributed by atoms with Gasteiger partial charge in [-0.2, -0.15) is 0 Å². The van der Waals surface area contributed by atoms with Crippen molar-refractivity contribution in [3.8, 4) is 27.9 Å². The Kier molecular flexibility index (Phi) is 4.73. The molecule has 0 N–H and O–H groups in total. The maximum Gasteiger partial charge on any atom is 0.124 e. The summed E-state index contributed by atoms with van der Waals surface area (Å²) in [7, 11) is 0. The monoisotopic (exact) mass is 502 g/mol. The Morgan fingerprint density at radius 1 is 0.474 bits per heavy atom. The predicted octanol–water partition coefficient (Wildman–Crippen LogP) is 9.88. The van der Waals surface area contributed by atoms with Crippen molar-refractivity contribution in [1.82, 2.24) is 9.55 Å². The van der Waals surface area contributed by atoms with Gasteiger partial charge in [0.1, 0.15) is 4.83 Å². The van der Waals surface area contributed by atoms with Gasteiger partial charge in [-0.25, -0.2) is 4.98 Å². The number of hydrogen-bond acceptors (Lipinski definition) is 2. The van der Waals surface area contributed by atoms with E-state index in [1.807, 2.05) is 12.3 Å². The molecule has 0 bridgehead atoms. The fourth-order valence-corrected chi connectivity index (χ4v) is 6.70. The number of thiophene rings is 1. The first-order chi connectivity index (χ1) is 18.8. The molecule has 2 nitrogen and oxygen atoms in total. The molecule has 8 aromatic rings. The second-order valence-corrected chi connectivity index (χ2v) is 10.7. The van der Waals surface area contributed by atoms with Gasteiger partial charge < -0.3 is 4.57 Å². The third-order valence-electron chi connectivity index (χ3n) is 7.46. The van der Waals surface area contributed by atoms with Crippen molar-refractivity contribution in [3.63, 3.8) is 0 Å². The van der Waals surface area contributed by atoms with Crippen LogP contribution in [0.1, 0.15) is 0 Å². The van der Waals surface area contributed by atoms with Crippen molar-refractivity contribution in [2.75, 3.05) is 0 Å². The summed E-state index contributed by atoms with van der Waals surface area (Å²) in [5, 5.41) is 5.03. The minimum absolute atomic E-state index is 1.09. The summed E-state index contributed by atoms with van der Waals surface area (Å²) in [6, 6.07) is 46.0. The minimum atomic E-state index is 1.09. The second kappa shape index (κ2) is 8.41. The number of benzene rings is 5. The van der Waals surface area contributed by atoms with Gasteiger partial charge in [-0.05, 0) is 76.9 Å². The first-order valence-corrected chi connectivity index (χ1v) is 13.6. The Bertz CT molecular complexity index is 2130. The molecule has 0 fully saturated rings. The van der Waals surface area contributed by atoms with E-state index < -0.39 is 0 Å². The Hall–Kier alpha value is -4.73. The Balaban J connectivity index is 1.33. The van der Waals surface area contributed by atoms with Crippen LogP contribution in [-0.4, -0.2) is 9.55 Å².